The highest BCUT2D eigenvalue weighted by Crippen LogP contribution is 2.61. The first kappa shape index (κ1) is 17.0. The maximum absolute atomic E-state index is 11.5. The van der Waals surface area contributed by atoms with E-state index in [2.05, 4.69) is 33.8 Å². The van der Waals surface area contributed by atoms with Crippen LogP contribution in [0.5, 0.6) is 0 Å². The van der Waals surface area contributed by atoms with E-state index in [0.29, 0.717) is 11.8 Å². The highest BCUT2D eigenvalue weighted by atomic mass is 16.6. The molecule has 2 heterocycles. The predicted molar refractivity (Wildman–Crippen MR) is 88.1 cm³/mol. The molecular weight excluding hydrogens is 292 g/mol. The van der Waals surface area contributed by atoms with E-state index in [4.69, 9.17) is 14.2 Å². The molecule has 0 amide bonds. The van der Waals surface area contributed by atoms with Gasteiger partial charge in [0.1, 0.15) is 6.10 Å². The number of esters is 1. The summed E-state index contributed by atoms with van der Waals surface area (Å²) in [6.07, 6.45) is 6.34. The van der Waals surface area contributed by atoms with E-state index >= 15 is 0 Å². The summed E-state index contributed by atoms with van der Waals surface area (Å²) in [5, 5.41) is 0. The number of hydrogen-bond donors (Lipinski definition) is 0. The van der Waals surface area contributed by atoms with Gasteiger partial charge in [-0.3, -0.25) is 4.79 Å². The summed E-state index contributed by atoms with van der Waals surface area (Å²) >= 11 is 0. The predicted octanol–water partition coefficient (Wildman–Crippen LogP) is 3.64. The molecule has 4 nitrogen and oxygen atoms in total. The number of epoxide rings is 2. The summed E-state index contributed by atoms with van der Waals surface area (Å²) in [4.78, 5) is 11.5. The fourth-order valence-electron chi connectivity index (χ4n) is 4.75. The van der Waals surface area contributed by atoms with Crippen molar-refractivity contribution >= 4 is 5.97 Å². The van der Waals surface area contributed by atoms with Crippen LogP contribution in [0.3, 0.4) is 0 Å². The van der Waals surface area contributed by atoms with Crippen molar-refractivity contribution in [3.05, 3.63) is 11.6 Å². The average molecular weight is 322 g/mol. The molecule has 0 N–H and O–H groups in total. The molecule has 6 atom stereocenters. The van der Waals surface area contributed by atoms with Gasteiger partial charge in [-0.1, -0.05) is 18.6 Å². The van der Waals surface area contributed by atoms with Crippen LogP contribution >= 0.6 is 0 Å². The van der Waals surface area contributed by atoms with E-state index in [9.17, 15) is 4.79 Å². The molecule has 0 radical (unpaired) electrons. The second-order valence-electron chi connectivity index (χ2n) is 7.90. The fourth-order valence-corrected chi connectivity index (χ4v) is 4.75. The van der Waals surface area contributed by atoms with Crippen LogP contribution in [-0.4, -0.2) is 36.0 Å². The highest BCUT2D eigenvalue weighted by molar-refractivity contribution is 5.66. The van der Waals surface area contributed by atoms with E-state index in [1.807, 2.05) is 0 Å². The summed E-state index contributed by atoms with van der Waals surface area (Å²) in [5.74, 6) is 0.452. The molecule has 130 valence electrons. The van der Waals surface area contributed by atoms with Crippen LogP contribution in [0, 0.1) is 11.8 Å². The third-order valence-corrected chi connectivity index (χ3v) is 5.96. The van der Waals surface area contributed by atoms with E-state index in [0.717, 1.165) is 32.3 Å². The smallest absolute Gasteiger partial charge is 0.302 e. The van der Waals surface area contributed by atoms with Gasteiger partial charge in [0, 0.05) is 18.8 Å². The van der Waals surface area contributed by atoms with Gasteiger partial charge in [-0.25, -0.2) is 0 Å². The minimum absolute atomic E-state index is 0.00227. The van der Waals surface area contributed by atoms with E-state index in [1.165, 1.54) is 12.5 Å². The first-order valence-electron chi connectivity index (χ1n) is 8.95. The van der Waals surface area contributed by atoms with E-state index < -0.39 is 0 Å². The summed E-state index contributed by atoms with van der Waals surface area (Å²) < 4.78 is 17.8. The van der Waals surface area contributed by atoms with Gasteiger partial charge in [-0.2, -0.15) is 0 Å². The second kappa shape index (κ2) is 5.89. The highest BCUT2D eigenvalue weighted by Gasteiger charge is 2.71. The summed E-state index contributed by atoms with van der Waals surface area (Å²) in [6, 6.07) is 0. The van der Waals surface area contributed by atoms with Crippen molar-refractivity contribution in [1.29, 1.82) is 0 Å². The summed E-state index contributed by atoms with van der Waals surface area (Å²) in [6.45, 7) is 11.0. The monoisotopic (exact) mass is 322 g/mol. The van der Waals surface area contributed by atoms with Crippen LogP contribution in [0.1, 0.15) is 60.3 Å². The van der Waals surface area contributed by atoms with Crippen LogP contribution in [0.25, 0.3) is 0 Å². The molecule has 0 aromatic rings. The average Bonchev–Trinajstić information content (AvgIpc) is 3.37. The Hall–Kier alpha value is -0.870. The maximum atomic E-state index is 11.5. The van der Waals surface area contributed by atoms with Crippen molar-refractivity contribution in [2.45, 2.75) is 83.7 Å². The number of hydrogen-bond acceptors (Lipinski definition) is 4. The third kappa shape index (κ3) is 3.08. The standard InChI is InChI=1S/C19H30O4/c1-6-14-15(22-13(4)20)9-10-19(11-21-19)17(14)18(5)16(23-18)8-7-12(2)3/h7,14-17H,6,8-11H2,1-5H3. The fraction of sp³-hybridized carbons (Fsp3) is 0.842. The van der Waals surface area contributed by atoms with Gasteiger partial charge in [0.15, 0.2) is 0 Å². The van der Waals surface area contributed by atoms with Crippen molar-refractivity contribution in [2.75, 3.05) is 6.61 Å². The van der Waals surface area contributed by atoms with Crippen LogP contribution in [0.2, 0.25) is 0 Å². The molecule has 1 aliphatic carbocycles. The normalized spacial score (nSPS) is 44.7. The van der Waals surface area contributed by atoms with Gasteiger partial charge in [0.05, 0.1) is 23.9 Å². The Kier molecular flexibility index (Phi) is 4.35. The number of rotatable bonds is 5. The lowest BCUT2D eigenvalue weighted by Crippen LogP contribution is -2.51. The molecule has 2 saturated heterocycles. The topological polar surface area (TPSA) is 51.4 Å². The van der Waals surface area contributed by atoms with Crippen LogP contribution in [0.4, 0.5) is 0 Å². The van der Waals surface area contributed by atoms with Gasteiger partial charge in [0.25, 0.3) is 0 Å². The zero-order valence-electron chi connectivity index (χ0n) is 15.1. The lowest BCUT2D eigenvalue weighted by Gasteiger charge is -2.43. The molecule has 0 aromatic heterocycles. The molecule has 3 aliphatic rings. The largest absolute Gasteiger partial charge is 0.462 e. The molecule has 1 saturated carbocycles. The first-order chi connectivity index (χ1) is 10.8. The Morgan fingerprint density at radius 3 is 2.57 bits per heavy atom. The van der Waals surface area contributed by atoms with Crippen molar-refractivity contribution in [3.63, 3.8) is 0 Å². The zero-order chi connectivity index (χ0) is 16.8. The van der Waals surface area contributed by atoms with E-state index in [-0.39, 0.29) is 29.4 Å². The Bertz CT molecular complexity index is 503. The van der Waals surface area contributed by atoms with Crippen LogP contribution in [-0.2, 0) is 19.0 Å². The quantitative estimate of drug-likeness (QED) is 0.440. The minimum atomic E-state index is -0.178. The molecule has 23 heavy (non-hydrogen) atoms. The maximum Gasteiger partial charge on any atom is 0.302 e. The Morgan fingerprint density at radius 2 is 2.04 bits per heavy atom. The molecule has 1 spiro atoms. The summed E-state index contributed by atoms with van der Waals surface area (Å²) in [5.41, 5.74) is 1.14. The summed E-state index contributed by atoms with van der Waals surface area (Å²) in [7, 11) is 0. The molecule has 3 fully saturated rings. The number of ether oxygens (including phenoxy) is 3. The van der Waals surface area contributed by atoms with Gasteiger partial charge in [-0.15, -0.1) is 0 Å². The Morgan fingerprint density at radius 1 is 1.35 bits per heavy atom. The van der Waals surface area contributed by atoms with Gasteiger partial charge >= 0.3 is 5.97 Å². The molecule has 0 aromatic carbocycles. The Balaban J connectivity index is 1.79. The Labute approximate surface area is 139 Å². The lowest BCUT2D eigenvalue weighted by atomic mass is 9.63. The van der Waals surface area contributed by atoms with Crippen molar-refractivity contribution in [2.24, 2.45) is 11.8 Å². The number of allylic oxidation sites excluding steroid dienone is 1. The first-order valence-corrected chi connectivity index (χ1v) is 8.95. The molecule has 0 bridgehead atoms. The SMILES string of the molecule is CCC1C(OC(C)=O)CCC2(CO2)C1C1(C)OC1CC=C(C)C. The minimum Gasteiger partial charge on any atom is -0.462 e. The number of carbonyl (C=O) groups is 1. The molecule has 6 unspecified atom stereocenters. The molecule has 2 aliphatic heterocycles. The van der Waals surface area contributed by atoms with Gasteiger partial charge in [-0.05, 0) is 46.5 Å². The zero-order valence-corrected chi connectivity index (χ0v) is 15.1. The van der Waals surface area contributed by atoms with Crippen LogP contribution < -0.4 is 0 Å². The van der Waals surface area contributed by atoms with Gasteiger partial charge < -0.3 is 14.2 Å². The third-order valence-electron chi connectivity index (χ3n) is 5.96. The molecular formula is C19H30O4. The lowest BCUT2D eigenvalue weighted by molar-refractivity contribution is -0.156. The van der Waals surface area contributed by atoms with Crippen LogP contribution in [0.15, 0.2) is 11.6 Å². The van der Waals surface area contributed by atoms with Gasteiger partial charge in [0.2, 0.25) is 0 Å². The van der Waals surface area contributed by atoms with Crippen molar-refractivity contribution in [1.82, 2.24) is 0 Å². The second-order valence-corrected chi connectivity index (χ2v) is 7.90. The number of carbonyl (C=O) groups excluding carboxylic acids is 1. The van der Waals surface area contributed by atoms with E-state index in [1.54, 1.807) is 0 Å². The molecule has 4 heteroatoms. The van der Waals surface area contributed by atoms with Crippen molar-refractivity contribution < 1.29 is 19.0 Å². The van der Waals surface area contributed by atoms with Crippen molar-refractivity contribution in [3.8, 4) is 0 Å². The molecule has 3 rings (SSSR count).